The lowest BCUT2D eigenvalue weighted by Gasteiger charge is -2.29. The standard InChI is InChI=1S/C17H29FN2O/c1-5-14(6-2)12-20(7-3)11-13(4)17(21)16-9-8-15(18)10-19-16/h8-10,13-14,17,21H,5-7,11-12H2,1-4H3. The molecule has 21 heavy (non-hydrogen) atoms. The number of pyridine rings is 1. The van der Waals surface area contributed by atoms with Gasteiger partial charge >= 0.3 is 0 Å². The van der Waals surface area contributed by atoms with Crippen LogP contribution in [-0.2, 0) is 0 Å². The van der Waals surface area contributed by atoms with Crippen molar-refractivity contribution < 1.29 is 9.50 Å². The SMILES string of the molecule is CCC(CC)CN(CC)CC(C)C(O)c1ccc(F)cn1. The molecule has 0 bridgehead atoms. The summed E-state index contributed by atoms with van der Waals surface area (Å²) in [6.07, 6.45) is 2.88. The molecule has 0 radical (unpaired) electrons. The maximum absolute atomic E-state index is 12.9. The van der Waals surface area contributed by atoms with Gasteiger partial charge in [0.25, 0.3) is 0 Å². The zero-order valence-electron chi connectivity index (χ0n) is 13.7. The van der Waals surface area contributed by atoms with Crippen LogP contribution < -0.4 is 0 Å². The third-order valence-corrected chi connectivity index (χ3v) is 4.26. The fraction of sp³-hybridized carbons (Fsp3) is 0.706. The van der Waals surface area contributed by atoms with Gasteiger partial charge in [-0.3, -0.25) is 4.98 Å². The Labute approximate surface area is 128 Å². The maximum atomic E-state index is 12.9. The lowest BCUT2D eigenvalue weighted by Crippen LogP contribution is -2.34. The van der Waals surface area contributed by atoms with Crippen molar-refractivity contribution in [3.63, 3.8) is 0 Å². The molecule has 0 aliphatic heterocycles. The van der Waals surface area contributed by atoms with Gasteiger partial charge in [-0.2, -0.15) is 0 Å². The van der Waals surface area contributed by atoms with Gasteiger partial charge in [-0.1, -0.05) is 40.5 Å². The summed E-state index contributed by atoms with van der Waals surface area (Å²) < 4.78 is 12.9. The van der Waals surface area contributed by atoms with Gasteiger partial charge in [0.2, 0.25) is 0 Å². The molecule has 0 saturated carbocycles. The van der Waals surface area contributed by atoms with Crippen LogP contribution in [0.5, 0.6) is 0 Å². The number of hydrogen-bond acceptors (Lipinski definition) is 3. The quantitative estimate of drug-likeness (QED) is 0.755. The van der Waals surface area contributed by atoms with Crippen LogP contribution in [0.4, 0.5) is 4.39 Å². The van der Waals surface area contributed by atoms with E-state index in [0.29, 0.717) is 11.6 Å². The van der Waals surface area contributed by atoms with Gasteiger partial charge in [0, 0.05) is 19.0 Å². The van der Waals surface area contributed by atoms with Gasteiger partial charge in [-0.05, 0) is 24.6 Å². The predicted molar refractivity (Wildman–Crippen MR) is 84.5 cm³/mol. The fourth-order valence-corrected chi connectivity index (χ4v) is 2.61. The summed E-state index contributed by atoms with van der Waals surface area (Å²) in [5, 5.41) is 10.4. The van der Waals surface area contributed by atoms with Crippen molar-refractivity contribution in [1.82, 2.24) is 9.88 Å². The van der Waals surface area contributed by atoms with E-state index in [4.69, 9.17) is 0 Å². The van der Waals surface area contributed by atoms with E-state index in [0.717, 1.165) is 25.8 Å². The molecule has 1 aromatic heterocycles. The largest absolute Gasteiger partial charge is 0.386 e. The topological polar surface area (TPSA) is 36.4 Å². The number of aliphatic hydroxyl groups is 1. The second-order valence-electron chi connectivity index (χ2n) is 5.86. The minimum Gasteiger partial charge on any atom is -0.386 e. The monoisotopic (exact) mass is 296 g/mol. The summed E-state index contributed by atoms with van der Waals surface area (Å²) >= 11 is 0. The molecule has 1 aromatic rings. The minimum absolute atomic E-state index is 0.0669. The Morgan fingerprint density at radius 2 is 1.86 bits per heavy atom. The first-order valence-corrected chi connectivity index (χ1v) is 8.03. The van der Waals surface area contributed by atoms with Gasteiger partial charge in [0.15, 0.2) is 0 Å². The highest BCUT2D eigenvalue weighted by atomic mass is 19.1. The van der Waals surface area contributed by atoms with Crippen molar-refractivity contribution in [3.8, 4) is 0 Å². The summed E-state index contributed by atoms with van der Waals surface area (Å²) in [6.45, 7) is 11.5. The highest BCUT2D eigenvalue weighted by Gasteiger charge is 2.21. The zero-order valence-corrected chi connectivity index (χ0v) is 13.7. The predicted octanol–water partition coefficient (Wildman–Crippen LogP) is 3.65. The fourth-order valence-electron chi connectivity index (χ4n) is 2.61. The van der Waals surface area contributed by atoms with Crippen LogP contribution in [-0.4, -0.2) is 34.6 Å². The van der Waals surface area contributed by atoms with Crippen LogP contribution in [0.15, 0.2) is 18.3 Å². The first-order chi connectivity index (χ1) is 10.0. The molecule has 0 spiro atoms. The van der Waals surface area contributed by atoms with Crippen molar-refractivity contribution in [2.75, 3.05) is 19.6 Å². The molecule has 1 rings (SSSR count). The van der Waals surface area contributed by atoms with Crippen LogP contribution in [0.25, 0.3) is 0 Å². The Balaban J connectivity index is 2.60. The molecule has 1 N–H and O–H groups in total. The maximum Gasteiger partial charge on any atom is 0.141 e. The van der Waals surface area contributed by atoms with E-state index < -0.39 is 6.10 Å². The van der Waals surface area contributed by atoms with Crippen molar-refractivity contribution in [1.29, 1.82) is 0 Å². The van der Waals surface area contributed by atoms with E-state index in [1.807, 2.05) is 6.92 Å². The van der Waals surface area contributed by atoms with E-state index in [2.05, 4.69) is 30.7 Å². The van der Waals surface area contributed by atoms with E-state index in [-0.39, 0.29) is 11.7 Å². The molecule has 0 aliphatic carbocycles. The smallest absolute Gasteiger partial charge is 0.141 e. The Morgan fingerprint density at radius 1 is 1.19 bits per heavy atom. The number of halogens is 1. The second-order valence-corrected chi connectivity index (χ2v) is 5.86. The minimum atomic E-state index is -0.652. The second kappa shape index (κ2) is 9.11. The van der Waals surface area contributed by atoms with Gasteiger partial charge in [0.1, 0.15) is 5.82 Å². The van der Waals surface area contributed by atoms with Crippen LogP contribution in [0.1, 0.15) is 52.3 Å². The molecule has 0 saturated heterocycles. The molecule has 2 unspecified atom stereocenters. The van der Waals surface area contributed by atoms with Gasteiger partial charge in [-0.25, -0.2) is 4.39 Å². The summed E-state index contributed by atoms with van der Waals surface area (Å²) in [4.78, 5) is 6.37. The van der Waals surface area contributed by atoms with Gasteiger partial charge in [-0.15, -0.1) is 0 Å². The lowest BCUT2D eigenvalue weighted by molar-refractivity contribution is 0.0807. The summed E-state index contributed by atoms with van der Waals surface area (Å²) in [5.74, 6) is 0.401. The number of aliphatic hydroxyl groups excluding tert-OH is 1. The molecule has 0 aliphatic rings. The Bertz CT molecular complexity index is 392. The molecule has 3 nitrogen and oxygen atoms in total. The van der Waals surface area contributed by atoms with Crippen LogP contribution in [0, 0.1) is 17.7 Å². The number of aromatic nitrogens is 1. The average molecular weight is 296 g/mol. The molecule has 0 amide bonds. The average Bonchev–Trinajstić information content (AvgIpc) is 2.51. The number of nitrogens with zero attached hydrogens (tertiary/aromatic N) is 2. The molecular formula is C17H29FN2O. The third kappa shape index (κ3) is 5.71. The molecule has 0 fully saturated rings. The third-order valence-electron chi connectivity index (χ3n) is 4.26. The summed E-state index contributed by atoms with van der Waals surface area (Å²) in [6, 6.07) is 2.91. The molecular weight excluding hydrogens is 267 g/mol. The van der Waals surface area contributed by atoms with Crippen LogP contribution >= 0.6 is 0 Å². The van der Waals surface area contributed by atoms with Crippen molar-refractivity contribution >= 4 is 0 Å². The van der Waals surface area contributed by atoms with Gasteiger partial charge in [0.05, 0.1) is 18.0 Å². The Morgan fingerprint density at radius 3 is 2.33 bits per heavy atom. The van der Waals surface area contributed by atoms with E-state index in [1.54, 1.807) is 6.07 Å². The van der Waals surface area contributed by atoms with Crippen molar-refractivity contribution in [2.24, 2.45) is 11.8 Å². The lowest BCUT2D eigenvalue weighted by atomic mass is 9.98. The molecule has 4 heteroatoms. The molecule has 2 atom stereocenters. The zero-order chi connectivity index (χ0) is 15.8. The first kappa shape index (κ1) is 18.1. The van der Waals surface area contributed by atoms with E-state index >= 15 is 0 Å². The molecule has 120 valence electrons. The normalized spacial score (nSPS) is 14.7. The highest BCUT2D eigenvalue weighted by molar-refractivity contribution is 5.08. The summed E-state index contributed by atoms with van der Waals surface area (Å²) in [5.41, 5.74) is 0.544. The van der Waals surface area contributed by atoms with Gasteiger partial charge < -0.3 is 10.0 Å². The van der Waals surface area contributed by atoms with E-state index in [1.165, 1.54) is 18.9 Å². The molecule has 0 aromatic carbocycles. The van der Waals surface area contributed by atoms with E-state index in [9.17, 15) is 9.50 Å². The molecule has 1 heterocycles. The highest BCUT2D eigenvalue weighted by Crippen LogP contribution is 2.22. The van der Waals surface area contributed by atoms with Crippen LogP contribution in [0.3, 0.4) is 0 Å². The number of hydrogen-bond donors (Lipinski definition) is 1. The first-order valence-electron chi connectivity index (χ1n) is 8.03. The Hall–Kier alpha value is -1.00. The summed E-state index contributed by atoms with van der Waals surface area (Å²) in [7, 11) is 0. The van der Waals surface area contributed by atoms with Crippen LogP contribution in [0.2, 0.25) is 0 Å². The number of rotatable bonds is 9. The van der Waals surface area contributed by atoms with Crippen molar-refractivity contribution in [2.45, 2.75) is 46.6 Å². The van der Waals surface area contributed by atoms with Crippen molar-refractivity contribution in [3.05, 3.63) is 29.8 Å². The Kier molecular flexibility index (Phi) is 7.83.